The second-order valence-electron chi connectivity index (χ2n) is 7.40. The molecule has 0 amide bonds. The van der Waals surface area contributed by atoms with E-state index in [1.165, 1.54) is 0 Å². The van der Waals surface area contributed by atoms with Gasteiger partial charge in [-0.15, -0.1) is 0 Å². The van der Waals surface area contributed by atoms with Crippen LogP contribution in [0.4, 0.5) is 11.6 Å². The van der Waals surface area contributed by atoms with Crippen LogP contribution in [0, 0.1) is 0 Å². The van der Waals surface area contributed by atoms with E-state index in [0.717, 1.165) is 33.3 Å². The molecule has 0 saturated heterocycles. The Hall–Kier alpha value is -4.13. The van der Waals surface area contributed by atoms with Crippen molar-refractivity contribution in [3.63, 3.8) is 0 Å². The van der Waals surface area contributed by atoms with Crippen LogP contribution in [0.15, 0.2) is 71.8 Å². The number of methoxy groups -OCH3 is 1. The standard InChI is InChI=1S/C24H21N5O2/c1-29-22-17(13-16(23(29)30)12-15-6-8-18(31-2)9-7-15)14-26-24(28-22)27-21-5-3-4-20-19(21)10-11-25-20/h3-11,13-14,25H,12H2,1-2H3,(H,26,27,28). The first-order chi connectivity index (χ1) is 15.1. The van der Waals surface area contributed by atoms with E-state index in [9.17, 15) is 4.79 Å². The van der Waals surface area contributed by atoms with Crippen molar-refractivity contribution in [3.05, 3.63) is 88.5 Å². The van der Waals surface area contributed by atoms with Crippen molar-refractivity contribution in [3.8, 4) is 5.75 Å². The predicted molar refractivity (Wildman–Crippen MR) is 122 cm³/mol. The Bertz CT molecular complexity index is 1450. The number of hydrogen-bond acceptors (Lipinski definition) is 5. The second kappa shape index (κ2) is 7.60. The average molecular weight is 411 g/mol. The third kappa shape index (κ3) is 3.50. The van der Waals surface area contributed by atoms with Gasteiger partial charge in [-0.25, -0.2) is 4.98 Å². The molecule has 31 heavy (non-hydrogen) atoms. The maximum atomic E-state index is 13.0. The van der Waals surface area contributed by atoms with Crippen molar-refractivity contribution in [2.24, 2.45) is 7.05 Å². The lowest BCUT2D eigenvalue weighted by Crippen LogP contribution is -2.22. The summed E-state index contributed by atoms with van der Waals surface area (Å²) in [7, 11) is 3.38. The molecule has 0 aliphatic heterocycles. The molecule has 3 aromatic heterocycles. The fourth-order valence-electron chi connectivity index (χ4n) is 3.78. The van der Waals surface area contributed by atoms with Crippen molar-refractivity contribution in [1.82, 2.24) is 19.5 Å². The number of ether oxygens (including phenoxy) is 1. The number of nitrogens with one attached hydrogen (secondary N) is 2. The molecule has 154 valence electrons. The highest BCUT2D eigenvalue weighted by Crippen LogP contribution is 2.25. The van der Waals surface area contributed by atoms with Gasteiger partial charge in [0, 0.05) is 47.7 Å². The number of H-pyrrole nitrogens is 1. The molecule has 5 rings (SSSR count). The van der Waals surface area contributed by atoms with E-state index in [1.807, 2.05) is 60.8 Å². The second-order valence-corrected chi connectivity index (χ2v) is 7.40. The van der Waals surface area contributed by atoms with Gasteiger partial charge in [-0.2, -0.15) is 4.98 Å². The lowest BCUT2D eigenvalue weighted by molar-refractivity contribution is 0.414. The highest BCUT2D eigenvalue weighted by molar-refractivity contribution is 5.93. The zero-order chi connectivity index (χ0) is 21.4. The molecule has 7 heteroatoms. The number of benzene rings is 2. The summed E-state index contributed by atoms with van der Waals surface area (Å²) in [5.74, 6) is 1.23. The van der Waals surface area contributed by atoms with Crippen LogP contribution < -0.4 is 15.6 Å². The van der Waals surface area contributed by atoms with Crippen molar-refractivity contribution < 1.29 is 4.74 Å². The summed E-state index contributed by atoms with van der Waals surface area (Å²) in [5, 5.41) is 5.13. The summed E-state index contributed by atoms with van der Waals surface area (Å²) in [6.45, 7) is 0. The smallest absolute Gasteiger partial charge is 0.255 e. The van der Waals surface area contributed by atoms with E-state index >= 15 is 0 Å². The minimum Gasteiger partial charge on any atom is -0.497 e. The number of pyridine rings is 1. The highest BCUT2D eigenvalue weighted by Gasteiger charge is 2.11. The Labute approximate surface area is 178 Å². The van der Waals surface area contributed by atoms with E-state index in [2.05, 4.69) is 20.3 Å². The fraction of sp³-hybridized carbons (Fsp3) is 0.125. The number of anilines is 2. The van der Waals surface area contributed by atoms with Crippen LogP contribution in [0.25, 0.3) is 21.9 Å². The third-order valence-electron chi connectivity index (χ3n) is 5.42. The Kier molecular flexibility index (Phi) is 4.63. The number of nitrogens with zero attached hydrogens (tertiary/aromatic N) is 3. The first kappa shape index (κ1) is 18.9. The van der Waals surface area contributed by atoms with Gasteiger partial charge in [-0.3, -0.25) is 9.36 Å². The molecule has 0 saturated carbocycles. The van der Waals surface area contributed by atoms with Gasteiger partial charge in [-0.05, 0) is 42.0 Å². The van der Waals surface area contributed by atoms with E-state index in [-0.39, 0.29) is 5.56 Å². The molecule has 2 aromatic carbocycles. The molecular formula is C24H21N5O2. The normalized spacial score (nSPS) is 11.2. The Morgan fingerprint density at radius 2 is 1.97 bits per heavy atom. The van der Waals surface area contributed by atoms with Crippen LogP contribution in [0.1, 0.15) is 11.1 Å². The van der Waals surface area contributed by atoms with Crippen LogP contribution in [0.2, 0.25) is 0 Å². The minimum absolute atomic E-state index is 0.0688. The molecule has 0 bridgehead atoms. The maximum Gasteiger partial charge on any atom is 0.255 e. The van der Waals surface area contributed by atoms with Crippen molar-refractivity contribution in [2.75, 3.05) is 12.4 Å². The zero-order valence-corrected chi connectivity index (χ0v) is 17.2. The quantitative estimate of drug-likeness (QED) is 0.454. The molecule has 2 N–H and O–H groups in total. The van der Waals surface area contributed by atoms with Crippen molar-refractivity contribution in [2.45, 2.75) is 6.42 Å². The highest BCUT2D eigenvalue weighted by atomic mass is 16.5. The summed E-state index contributed by atoms with van der Waals surface area (Å²) in [4.78, 5) is 25.2. The molecule has 0 radical (unpaired) electrons. The van der Waals surface area contributed by atoms with Crippen LogP contribution >= 0.6 is 0 Å². The van der Waals surface area contributed by atoms with Gasteiger partial charge in [0.15, 0.2) is 0 Å². The maximum absolute atomic E-state index is 13.0. The number of aryl methyl sites for hydroxylation is 1. The number of aromatic amines is 1. The number of rotatable bonds is 5. The largest absolute Gasteiger partial charge is 0.497 e. The third-order valence-corrected chi connectivity index (χ3v) is 5.42. The summed E-state index contributed by atoms with van der Waals surface area (Å²) in [6.07, 6.45) is 4.17. The molecule has 0 spiro atoms. The molecular weight excluding hydrogens is 390 g/mol. The van der Waals surface area contributed by atoms with Gasteiger partial charge in [-0.1, -0.05) is 18.2 Å². The molecule has 0 aliphatic rings. The lowest BCUT2D eigenvalue weighted by atomic mass is 10.1. The van der Waals surface area contributed by atoms with Gasteiger partial charge >= 0.3 is 0 Å². The molecule has 5 aromatic rings. The van der Waals surface area contributed by atoms with Gasteiger partial charge in [0.1, 0.15) is 11.4 Å². The van der Waals surface area contributed by atoms with Gasteiger partial charge in [0.2, 0.25) is 5.95 Å². The van der Waals surface area contributed by atoms with E-state index in [0.29, 0.717) is 23.6 Å². The number of hydrogen-bond donors (Lipinski definition) is 2. The van der Waals surface area contributed by atoms with Gasteiger partial charge < -0.3 is 15.0 Å². The summed E-state index contributed by atoms with van der Waals surface area (Å²) in [5.41, 5.74) is 4.18. The van der Waals surface area contributed by atoms with Crippen molar-refractivity contribution >= 4 is 33.6 Å². The number of aromatic nitrogens is 4. The summed E-state index contributed by atoms with van der Waals surface area (Å²) in [6, 6.07) is 17.5. The Morgan fingerprint density at radius 1 is 1.13 bits per heavy atom. The van der Waals surface area contributed by atoms with E-state index in [4.69, 9.17) is 4.74 Å². The Morgan fingerprint density at radius 3 is 2.77 bits per heavy atom. The average Bonchev–Trinajstić information content (AvgIpc) is 3.28. The molecule has 0 unspecified atom stereocenters. The van der Waals surface area contributed by atoms with Crippen LogP contribution in [0.5, 0.6) is 5.75 Å². The van der Waals surface area contributed by atoms with Gasteiger partial charge in [0.25, 0.3) is 5.56 Å². The Balaban J connectivity index is 1.49. The predicted octanol–water partition coefficient (Wildman–Crippen LogP) is 4.15. The van der Waals surface area contributed by atoms with E-state index < -0.39 is 0 Å². The molecule has 0 aliphatic carbocycles. The summed E-state index contributed by atoms with van der Waals surface area (Å²) < 4.78 is 6.78. The van der Waals surface area contributed by atoms with Crippen LogP contribution in [-0.2, 0) is 13.5 Å². The monoisotopic (exact) mass is 411 g/mol. The summed E-state index contributed by atoms with van der Waals surface area (Å²) >= 11 is 0. The first-order valence-corrected chi connectivity index (χ1v) is 9.94. The fourth-order valence-corrected chi connectivity index (χ4v) is 3.78. The molecule has 0 fully saturated rings. The van der Waals surface area contributed by atoms with Crippen LogP contribution in [0.3, 0.4) is 0 Å². The van der Waals surface area contributed by atoms with Crippen LogP contribution in [-0.4, -0.2) is 26.6 Å². The molecule has 7 nitrogen and oxygen atoms in total. The SMILES string of the molecule is COc1ccc(Cc2cc3cnc(Nc4cccc5[nH]ccc45)nc3n(C)c2=O)cc1. The number of fused-ring (bicyclic) bond motifs is 2. The first-order valence-electron chi connectivity index (χ1n) is 9.94. The molecule has 3 heterocycles. The van der Waals surface area contributed by atoms with Gasteiger partial charge in [0.05, 0.1) is 12.8 Å². The van der Waals surface area contributed by atoms with E-state index in [1.54, 1.807) is 24.9 Å². The molecule has 0 atom stereocenters. The minimum atomic E-state index is -0.0688. The zero-order valence-electron chi connectivity index (χ0n) is 17.2. The topological polar surface area (TPSA) is 84.8 Å². The lowest BCUT2D eigenvalue weighted by Gasteiger charge is -2.11. The van der Waals surface area contributed by atoms with Crippen molar-refractivity contribution in [1.29, 1.82) is 0 Å².